The lowest BCUT2D eigenvalue weighted by molar-refractivity contribution is -0.116. The quantitative estimate of drug-likeness (QED) is 0.681. The third-order valence-corrected chi connectivity index (χ3v) is 6.13. The first-order valence-electron chi connectivity index (χ1n) is 8.73. The van der Waals surface area contributed by atoms with Crippen LogP contribution in [-0.2, 0) is 14.8 Å². The molecule has 1 aliphatic heterocycles. The lowest BCUT2D eigenvalue weighted by atomic mass is 10.0. The third kappa shape index (κ3) is 6.54. The molecule has 1 unspecified atom stereocenters. The van der Waals surface area contributed by atoms with Gasteiger partial charge in [-0.05, 0) is 77.2 Å². The Morgan fingerprint density at radius 2 is 2.00 bits per heavy atom. The fourth-order valence-electron chi connectivity index (χ4n) is 3.01. The summed E-state index contributed by atoms with van der Waals surface area (Å²) in [6, 6.07) is 4.95. The summed E-state index contributed by atoms with van der Waals surface area (Å²) >= 11 is 0. The van der Waals surface area contributed by atoms with Crippen LogP contribution in [-0.4, -0.2) is 33.0 Å². The summed E-state index contributed by atoms with van der Waals surface area (Å²) in [4.78, 5) is 12.4. The Morgan fingerprint density at radius 3 is 2.58 bits per heavy atom. The summed E-state index contributed by atoms with van der Waals surface area (Å²) in [5.74, 6) is 0.475. The molecule has 0 bridgehead atoms. The molecule has 1 atom stereocenters. The van der Waals surface area contributed by atoms with E-state index < -0.39 is 15.6 Å². The zero-order valence-electron chi connectivity index (χ0n) is 15.9. The highest BCUT2D eigenvalue weighted by Crippen LogP contribution is 2.24. The maximum Gasteiger partial charge on any atom is 0.241 e. The van der Waals surface area contributed by atoms with Gasteiger partial charge >= 0.3 is 0 Å². The first-order valence-corrected chi connectivity index (χ1v) is 10.2. The van der Waals surface area contributed by atoms with Crippen molar-refractivity contribution in [1.29, 1.82) is 0 Å². The second kappa shape index (κ2) is 9.17. The van der Waals surface area contributed by atoms with Crippen molar-refractivity contribution in [3.63, 3.8) is 0 Å². The highest BCUT2D eigenvalue weighted by molar-refractivity contribution is 7.89. The third-order valence-electron chi connectivity index (χ3n) is 4.23. The highest BCUT2D eigenvalue weighted by atomic mass is 35.5. The molecule has 26 heavy (non-hydrogen) atoms. The van der Waals surface area contributed by atoms with Crippen molar-refractivity contribution in [1.82, 2.24) is 10.0 Å². The maximum atomic E-state index is 12.6. The monoisotopic (exact) mass is 403 g/mol. The first-order chi connectivity index (χ1) is 11.6. The summed E-state index contributed by atoms with van der Waals surface area (Å²) in [5.41, 5.74) is 0.529. The van der Waals surface area contributed by atoms with E-state index in [1.165, 1.54) is 0 Å². The fourth-order valence-corrected chi connectivity index (χ4v) is 4.69. The smallest absolute Gasteiger partial charge is 0.241 e. The van der Waals surface area contributed by atoms with Crippen molar-refractivity contribution in [2.24, 2.45) is 5.92 Å². The van der Waals surface area contributed by atoms with Crippen molar-refractivity contribution >= 4 is 34.0 Å². The molecule has 1 aromatic rings. The van der Waals surface area contributed by atoms with Crippen LogP contribution >= 0.6 is 12.4 Å². The Bertz CT molecular complexity index is 724. The molecule has 148 valence electrons. The number of carbonyl (C=O) groups excluding carboxylic acids is 1. The maximum absolute atomic E-state index is 12.6. The van der Waals surface area contributed by atoms with Gasteiger partial charge in [0.05, 0.1) is 4.90 Å². The number of nitrogens with one attached hydrogen (secondary N) is 3. The predicted octanol–water partition coefficient (Wildman–Crippen LogP) is 2.82. The van der Waals surface area contributed by atoms with Crippen LogP contribution in [0.15, 0.2) is 23.1 Å². The zero-order chi connectivity index (χ0) is 18.7. The van der Waals surface area contributed by atoms with Crippen LogP contribution in [0.4, 0.5) is 5.69 Å². The lowest BCUT2D eigenvalue weighted by Gasteiger charge is -2.22. The van der Waals surface area contributed by atoms with E-state index in [2.05, 4.69) is 15.4 Å². The molecule has 1 aliphatic rings. The lowest BCUT2D eigenvalue weighted by Crippen LogP contribution is -2.40. The van der Waals surface area contributed by atoms with Crippen molar-refractivity contribution in [2.75, 3.05) is 18.4 Å². The normalized spacial score (nSPS) is 17.6. The van der Waals surface area contributed by atoms with Crippen LogP contribution in [0.25, 0.3) is 0 Å². The summed E-state index contributed by atoms with van der Waals surface area (Å²) in [5, 5.41) is 6.15. The van der Waals surface area contributed by atoms with E-state index in [0.717, 1.165) is 25.9 Å². The molecule has 1 saturated heterocycles. The zero-order valence-corrected chi connectivity index (χ0v) is 17.5. The van der Waals surface area contributed by atoms with Crippen molar-refractivity contribution in [3.8, 4) is 0 Å². The molecule has 1 heterocycles. The number of halogens is 1. The van der Waals surface area contributed by atoms with Gasteiger partial charge in [0.2, 0.25) is 15.9 Å². The Labute approximate surface area is 163 Å². The Morgan fingerprint density at radius 1 is 1.31 bits per heavy atom. The molecule has 0 aliphatic carbocycles. The average Bonchev–Trinajstić information content (AvgIpc) is 2.98. The van der Waals surface area contributed by atoms with E-state index in [1.807, 2.05) is 0 Å². The number of hydrogen-bond acceptors (Lipinski definition) is 4. The standard InChI is InChI=1S/C18H29N3O3S.ClH/c1-13-15(20-17(22)9-8-14-10-11-19-12-14)6-5-7-16(13)25(23,24)21-18(2,3)4;/h5-7,14,19,21H,8-12H2,1-4H3,(H,20,22);1H. The minimum absolute atomic E-state index is 0. The van der Waals surface area contributed by atoms with Crippen molar-refractivity contribution in [2.45, 2.75) is 57.4 Å². The van der Waals surface area contributed by atoms with Gasteiger partial charge in [0, 0.05) is 17.6 Å². The van der Waals surface area contributed by atoms with Gasteiger partial charge in [-0.15, -0.1) is 12.4 Å². The Kier molecular flexibility index (Phi) is 8.07. The van der Waals surface area contributed by atoms with Gasteiger partial charge in [0.25, 0.3) is 0 Å². The van der Waals surface area contributed by atoms with Crippen LogP contribution in [0.3, 0.4) is 0 Å². The predicted molar refractivity (Wildman–Crippen MR) is 107 cm³/mol. The minimum atomic E-state index is -3.64. The molecule has 0 radical (unpaired) electrons. The topological polar surface area (TPSA) is 87.3 Å². The molecule has 8 heteroatoms. The fraction of sp³-hybridized carbons (Fsp3) is 0.611. The van der Waals surface area contributed by atoms with E-state index >= 15 is 0 Å². The first kappa shape index (κ1) is 22.9. The second-order valence-corrected chi connectivity index (χ2v) is 9.38. The van der Waals surface area contributed by atoms with Gasteiger partial charge in [-0.2, -0.15) is 0 Å². The molecule has 1 amide bonds. The Hall–Kier alpha value is -1.15. The molecule has 0 spiro atoms. The average molecular weight is 404 g/mol. The van der Waals surface area contributed by atoms with E-state index in [4.69, 9.17) is 0 Å². The summed E-state index contributed by atoms with van der Waals surface area (Å²) in [7, 11) is -3.64. The minimum Gasteiger partial charge on any atom is -0.326 e. The molecule has 0 aromatic heterocycles. The van der Waals surface area contributed by atoms with Crippen LogP contribution < -0.4 is 15.4 Å². The van der Waals surface area contributed by atoms with Gasteiger partial charge < -0.3 is 10.6 Å². The highest BCUT2D eigenvalue weighted by Gasteiger charge is 2.24. The van der Waals surface area contributed by atoms with E-state index in [9.17, 15) is 13.2 Å². The van der Waals surface area contributed by atoms with Crippen LogP contribution in [0, 0.1) is 12.8 Å². The van der Waals surface area contributed by atoms with Gasteiger partial charge in [0.15, 0.2) is 0 Å². The molecule has 1 fully saturated rings. The van der Waals surface area contributed by atoms with Gasteiger partial charge in [-0.25, -0.2) is 13.1 Å². The number of rotatable bonds is 6. The van der Waals surface area contributed by atoms with Crippen LogP contribution in [0.5, 0.6) is 0 Å². The summed E-state index contributed by atoms with van der Waals surface area (Å²) < 4.78 is 27.8. The van der Waals surface area contributed by atoms with Crippen molar-refractivity contribution in [3.05, 3.63) is 23.8 Å². The molecular weight excluding hydrogens is 374 g/mol. The van der Waals surface area contributed by atoms with Crippen molar-refractivity contribution < 1.29 is 13.2 Å². The van der Waals surface area contributed by atoms with Crippen LogP contribution in [0.1, 0.15) is 45.6 Å². The molecule has 1 aromatic carbocycles. The van der Waals surface area contributed by atoms with Gasteiger partial charge in [-0.3, -0.25) is 4.79 Å². The molecular formula is C18H30ClN3O3S. The van der Waals surface area contributed by atoms with E-state index in [0.29, 0.717) is 23.6 Å². The summed E-state index contributed by atoms with van der Waals surface area (Å²) in [6.07, 6.45) is 2.41. The van der Waals surface area contributed by atoms with E-state index in [1.54, 1.807) is 45.9 Å². The molecule has 6 nitrogen and oxygen atoms in total. The Balaban J connectivity index is 0.00000338. The largest absolute Gasteiger partial charge is 0.326 e. The number of sulfonamides is 1. The summed E-state index contributed by atoms with van der Waals surface area (Å²) in [6.45, 7) is 9.09. The molecule has 2 rings (SSSR count). The number of carbonyl (C=O) groups is 1. The number of hydrogen-bond donors (Lipinski definition) is 3. The molecule has 3 N–H and O–H groups in total. The number of amides is 1. The second-order valence-electron chi connectivity index (χ2n) is 7.73. The number of anilines is 1. The van der Waals surface area contributed by atoms with Crippen LogP contribution in [0.2, 0.25) is 0 Å². The molecule has 0 saturated carbocycles. The van der Waals surface area contributed by atoms with Gasteiger partial charge in [0.1, 0.15) is 0 Å². The van der Waals surface area contributed by atoms with Gasteiger partial charge in [-0.1, -0.05) is 6.07 Å². The van der Waals surface area contributed by atoms with E-state index in [-0.39, 0.29) is 23.2 Å². The number of benzene rings is 1. The SMILES string of the molecule is Cc1c(NC(=O)CCC2CCNC2)cccc1S(=O)(=O)NC(C)(C)C.Cl.